The molecule has 148 valence electrons. The lowest BCUT2D eigenvalue weighted by molar-refractivity contribution is 0.0940. The van der Waals surface area contributed by atoms with E-state index in [4.69, 9.17) is 0 Å². The molecule has 1 aliphatic rings. The Bertz CT molecular complexity index is 811. The Morgan fingerprint density at radius 3 is 2.36 bits per heavy atom. The fourth-order valence-corrected chi connectivity index (χ4v) is 3.35. The van der Waals surface area contributed by atoms with E-state index in [2.05, 4.69) is 15.5 Å². The summed E-state index contributed by atoms with van der Waals surface area (Å²) in [7, 11) is 0. The molecule has 0 radical (unpaired) electrons. The summed E-state index contributed by atoms with van der Waals surface area (Å²) in [5, 5.41) is 5.83. The van der Waals surface area contributed by atoms with E-state index in [1.165, 1.54) is 18.4 Å². The summed E-state index contributed by atoms with van der Waals surface area (Å²) in [5.74, 6) is -0.386. The summed E-state index contributed by atoms with van der Waals surface area (Å²) in [6, 6.07) is 14.9. The van der Waals surface area contributed by atoms with Gasteiger partial charge in [-0.25, -0.2) is 0 Å². The molecule has 28 heavy (non-hydrogen) atoms. The maximum absolute atomic E-state index is 12.7. The average molecular weight is 380 g/mol. The number of carbonyl (C=O) groups excluding carboxylic acids is 2. The molecule has 2 amide bonds. The first kappa shape index (κ1) is 20.1. The van der Waals surface area contributed by atoms with Gasteiger partial charge in [-0.3, -0.25) is 14.5 Å². The van der Waals surface area contributed by atoms with Gasteiger partial charge < -0.3 is 10.6 Å². The van der Waals surface area contributed by atoms with Crippen LogP contribution in [0.1, 0.15) is 59.4 Å². The monoisotopic (exact) mass is 379 g/mol. The molecule has 0 aromatic heterocycles. The number of carbonyl (C=O) groups is 2. The summed E-state index contributed by atoms with van der Waals surface area (Å²) in [6.45, 7) is 7.21. The molecule has 1 aliphatic heterocycles. The normalized spacial score (nSPS) is 15.2. The number of hydrogen-bond donors (Lipinski definition) is 2. The number of anilines is 1. The summed E-state index contributed by atoms with van der Waals surface area (Å²) in [5.41, 5.74) is 2.80. The number of amides is 2. The van der Waals surface area contributed by atoms with Gasteiger partial charge in [0.25, 0.3) is 11.8 Å². The quantitative estimate of drug-likeness (QED) is 0.762. The third-order valence-corrected chi connectivity index (χ3v) is 5.23. The molecule has 0 aliphatic carbocycles. The van der Waals surface area contributed by atoms with E-state index in [1.807, 2.05) is 44.2 Å². The second-order valence-electron chi connectivity index (χ2n) is 7.46. The molecule has 1 saturated heterocycles. The number of nitrogens with zero attached hydrogens (tertiary/aromatic N) is 1. The van der Waals surface area contributed by atoms with Gasteiger partial charge in [0, 0.05) is 18.2 Å². The number of likely N-dealkylation sites (tertiary alicyclic amines) is 1. The maximum atomic E-state index is 12.7. The molecule has 1 atom stereocenters. The summed E-state index contributed by atoms with van der Waals surface area (Å²) < 4.78 is 0. The maximum Gasteiger partial charge on any atom is 0.255 e. The molecule has 2 N–H and O–H groups in total. The Kier molecular flexibility index (Phi) is 6.82. The first-order chi connectivity index (χ1) is 13.6. The van der Waals surface area contributed by atoms with Crippen molar-refractivity contribution in [1.82, 2.24) is 10.2 Å². The van der Waals surface area contributed by atoms with Crippen molar-refractivity contribution < 1.29 is 9.59 Å². The van der Waals surface area contributed by atoms with E-state index in [1.54, 1.807) is 18.2 Å². The zero-order chi connectivity index (χ0) is 19.9. The third kappa shape index (κ3) is 5.20. The van der Waals surface area contributed by atoms with Crippen LogP contribution in [0.15, 0.2) is 48.5 Å². The lowest BCUT2D eigenvalue weighted by Gasteiger charge is -2.15. The van der Waals surface area contributed by atoms with Crippen molar-refractivity contribution in [2.45, 2.75) is 45.7 Å². The van der Waals surface area contributed by atoms with Crippen molar-refractivity contribution in [2.75, 3.05) is 18.4 Å². The third-order valence-electron chi connectivity index (χ3n) is 5.23. The molecule has 5 heteroatoms. The van der Waals surface area contributed by atoms with E-state index in [0.29, 0.717) is 16.8 Å². The fourth-order valence-electron chi connectivity index (χ4n) is 3.35. The second-order valence-corrected chi connectivity index (χ2v) is 7.46. The molecule has 2 aromatic carbocycles. The van der Waals surface area contributed by atoms with Gasteiger partial charge in [-0.05, 0) is 69.1 Å². The lowest BCUT2D eigenvalue weighted by Crippen LogP contribution is -2.32. The van der Waals surface area contributed by atoms with Crippen LogP contribution in [0.5, 0.6) is 0 Å². The van der Waals surface area contributed by atoms with Crippen molar-refractivity contribution in [3.8, 4) is 0 Å². The van der Waals surface area contributed by atoms with Gasteiger partial charge in [0.05, 0.1) is 11.3 Å². The number of para-hydroxylation sites is 1. The molecular formula is C23H29N3O2. The highest BCUT2D eigenvalue weighted by Gasteiger charge is 2.16. The summed E-state index contributed by atoms with van der Waals surface area (Å²) >= 11 is 0. The van der Waals surface area contributed by atoms with E-state index in [9.17, 15) is 9.59 Å². The largest absolute Gasteiger partial charge is 0.350 e. The van der Waals surface area contributed by atoms with Crippen molar-refractivity contribution in [2.24, 2.45) is 0 Å². The number of rotatable bonds is 7. The van der Waals surface area contributed by atoms with E-state index < -0.39 is 0 Å². The van der Waals surface area contributed by atoms with E-state index in [-0.39, 0.29) is 17.9 Å². The number of nitrogens with one attached hydrogen (secondary N) is 2. The van der Waals surface area contributed by atoms with Crippen LogP contribution in [0.4, 0.5) is 5.69 Å². The lowest BCUT2D eigenvalue weighted by atomic mass is 10.1. The first-order valence-electron chi connectivity index (χ1n) is 10.1. The smallest absolute Gasteiger partial charge is 0.255 e. The highest BCUT2D eigenvalue weighted by molar-refractivity contribution is 6.09. The topological polar surface area (TPSA) is 61.4 Å². The van der Waals surface area contributed by atoms with Gasteiger partial charge in [-0.1, -0.05) is 31.2 Å². The van der Waals surface area contributed by atoms with Crippen molar-refractivity contribution in [3.63, 3.8) is 0 Å². The number of hydrogen-bond acceptors (Lipinski definition) is 3. The van der Waals surface area contributed by atoms with Crippen LogP contribution in [0, 0.1) is 0 Å². The minimum Gasteiger partial charge on any atom is -0.350 e. The Labute approximate surface area is 167 Å². The highest BCUT2D eigenvalue weighted by Crippen LogP contribution is 2.18. The Morgan fingerprint density at radius 1 is 1.00 bits per heavy atom. The molecule has 0 unspecified atom stereocenters. The molecule has 0 bridgehead atoms. The van der Waals surface area contributed by atoms with Crippen LogP contribution < -0.4 is 10.6 Å². The molecule has 1 heterocycles. The van der Waals surface area contributed by atoms with Gasteiger partial charge in [0.2, 0.25) is 0 Å². The van der Waals surface area contributed by atoms with Crippen LogP contribution in [-0.4, -0.2) is 35.8 Å². The van der Waals surface area contributed by atoms with Crippen molar-refractivity contribution in [1.29, 1.82) is 0 Å². The van der Waals surface area contributed by atoms with Gasteiger partial charge in [-0.2, -0.15) is 0 Å². The Balaban J connectivity index is 1.66. The van der Waals surface area contributed by atoms with Crippen LogP contribution in [0.2, 0.25) is 0 Å². The molecule has 2 aromatic rings. The highest BCUT2D eigenvalue weighted by atomic mass is 16.2. The number of benzene rings is 2. The molecule has 0 spiro atoms. The standard InChI is InChI=1S/C23H29N3O2/c1-3-17(2)24-23(28)20-8-4-5-9-21(20)25-22(27)19-12-10-18(11-13-19)16-26-14-6-7-15-26/h4-5,8-13,17H,3,6-7,14-16H2,1-2H3,(H,24,28)(H,25,27)/t17-/m0/s1. The van der Waals surface area contributed by atoms with Gasteiger partial charge in [0.15, 0.2) is 0 Å². The second kappa shape index (κ2) is 9.51. The van der Waals surface area contributed by atoms with Gasteiger partial charge in [-0.15, -0.1) is 0 Å². The van der Waals surface area contributed by atoms with Crippen LogP contribution in [0.25, 0.3) is 0 Å². The van der Waals surface area contributed by atoms with E-state index >= 15 is 0 Å². The van der Waals surface area contributed by atoms with Crippen molar-refractivity contribution >= 4 is 17.5 Å². The predicted molar refractivity (Wildman–Crippen MR) is 113 cm³/mol. The SMILES string of the molecule is CC[C@H](C)NC(=O)c1ccccc1NC(=O)c1ccc(CN2CCCC2)cc1. The Morgan fingerprint density at radius 2 is 1.68 bits per heavy atom. The van der Waals surface area contributed by atoms with Crippen LogP contribution >= 0.6 is 0 Å². The molecule has 0 saturated carbocycles. The average Bonchev–Trinajstić information content (AvgIpc) is 3.21. The predicted octanol–water partition coefficient (Wildman–Crippen LogP) is 4.06. The van der Waals surface area contributed by atoms with E-state index in [0.717, 1.165) is 26.1 Å². The summed E-state index contributed by atoms with van der Waals surface area (Å²) in [4.78, 5) is 27.6. The molecule has 1 fully saturated rings. The molecular weight excluding hydrogens is 350 g/mol. The van der Waals surface area contributed by atoms with Gasteiger partial charge >= 0.3 is 0 Å². The zero-order valence-corrected chi connectivity index (χ0v) is 16.7. The summed E-state index contributed by atoms with van der Waals surface area (Å²) in [6.07, 6.45) is 3.39. The minimum atomic E-state index is -0.212. The van der Waals surface area contributed by atoms with Crippen molar-refractivity contribution in [3.05, 3.63) is 65.2 Å². The van der Waals surface area contributed by atoms with Crippen LogP contribution in [0.3, 0.4) is 0 Å². The Hall–Kier alpha value is -2.66. The molecule has 5 nitrogen and oxygen atoms in total. The van der Waals surface area contributed by atoms with Gasteiger partial charge in [0.1, 0.15) is 0 Å². The first-order valence-corrected chi connectivity index (χ1v) is 10.1. The minimum absolute atomic E-state index is 0.0828. The molecule has 3 rings (SSSR count). The van der Waals surface area contributed by atoms with Crippen LogP contribution in [-0.2, 0) is 6.54 Å². The zero-order valence-electron chi connectivity index (χ0n) is 16.7. The fraction of sp³-hybridized carbons (Fsp3) is 0.391.